The van der Waals surface area contributed by atoms with E-state index in [0.717, 1.165) is 17.8 Å². The Bertz CT molecular complexity index is 605. The molecule has 0 saturated carbocycles. The first kappa shape index (κ1) is 14.6. The lowest BCUT2D eigenvalue weighted by Crippen LogP contribution is -2.07. The van der Waals surface area contributed by atoms with E-state index in [2.05, 4.69) is 5.10 Å². The van der Waals surface area contributed by atoms with Crippen LogP contribution in [0.3, 0.4) is 0 Å². The summed E-state index contributed by atoms with van der Waals surface area (Å²) in [6.45, 7) is 1.80. The molecule has 2 aromatic rings. The highest BCUT2D eigenvalue weighted by molar-refractivity contribution is 5.28. The lowest BCUT2D eigenvalue weighted by molar-refractivity contribution is -0.137. The summed E-state index contributed by atoms with van der Waals surface area (Å²) in [5, 5.41) is 14.1. The molecule has 3 nitrogen and oxygen atoms in total. The van der Waals surface area contributed by atoms with Gasteiger partial charge in [0.15, 0.2) is 0 Å². The number of aliphatic hydroxyl groups excluding tert-OH is 1. The van der Waals surface area contributed by atoms with E-state index in [-0.39, 0.29) is 6.42 Å². The van der Waals surface area contributed by atoms with Crippen LogP contribution in [0.2, 0.25) is 0 Å². The third-order valence-electron chi connectivity index (χ3n) is 3.32. The summed E-state index contributed by atoms with van der Waals surface area (Å²) in [6.07, 6.45) is -3.58. The zero-order valence-electron chi connectivity index (χ0n) is 11.1. The van der Waals surface area contributed by atoms with E-state index in [9.17, 15) is 18.3 Å². The number of aryl methyl sites for hydroxylation is 1. The molecule has 6 heteroatoms. The highest BCUT2D eigenvalue weighted by atomic mass is 19.4. The Morgan fingerprint density at radius 2 is 2.05 bits per heavy atom. The van der Waals surface area contributed by atoms with Crippen molar-refractivity contribution in [2.75, 3.05) is 0 Å². The zero-order valence-corrected chi connectivity index (χ0v) is 11.1. The average Bonchev–Trinajstić information content (AvgIpc) is 2.69. The van der Waals surface area contributed by atoms with E-state index in [1.165, 1.54) is 12.3 Å². The first-order chi connectivity index (χ1) is 9.29. The summed E-state index contributed by atoms with van der Waals surface area (Å²) in [5.74, 6) is 0. The number of hydrogen-bond donors (Lipinski definition) is 1. The molecule has 1 heterocycles. The van der Waals surface area contributed by atoms with E-state index in [1.807, 2.05) is 0 Å². The molecule has 0 saturated heterocycles. The molecule has 0 spiro atoms. The highest BCUT2D eigenvalue weighted by Crippen LogP contribution is 2.30. The summed E-state index contributed by atoms with van der Waals surface area (Å²) in [7, 11) is 1.75. The van der Waals surface area contributed by atoms with Gasteiger partial charge in [-0.3, -0.25) is 4.68 Å². The third-order valence-corrected chi connectivity index (χ3v) is 3.32. The van der Waals surface area contributed by atoms with Crippen molar-refractivity contribution in [3.05, 3.63) is 52.8 Å². The largest absolute Gasteiger partial charge is 0.416 e. The molecule has 0 aliphatic rings. The topological polar surface area (TPSA) is 38.1 Å². The molecule has 0 aliphatic heterocycles. The Hall–Kier alpha value is -1.82. The lowest BCUT2D eigenvalue weighted by atomic mass is 10.0. The van der Waals surface area contributed by atoms with E-state index in [4.69, 9.17) is 0 Å². The Balaban J connectivity index is 2.20. The fourth-order valence-corrected chi connectivity index (χ4v) is 2.05. The van der Waals surface area contributed by atoms with Crippen LogP contribution in [-0.2, 0) is 19.6 Å². The van der Waals surface area contributed by atoms with Crippen LogP contribution in [0.15, 0.2) is 30.5 Å². The van der Waals surface area contributed by atoms with Gasteiger partial charge in [0.25, 0.3) is 0 Å². The number of rotatable bonds is 3. The standard InChI is InChI=1S/C14H15F3N2O/c1-9-12(8-18-19(9)2)13(20)7-10-4-3-5-11(6-10)14(15,16)17/h3-6,8,13,20H,7H2,1-2H3. The monoisotopic (exact) mass is 284 g/mol. The average molecular weight is 284 g/mol. The molecule has 1 N–H and O–H groups in total. The van der Waals surface area contributed by atoms with Crippen molar-refractivity contribution in [2.45, 2.75) is 25.6 Å². The van der Waals surface area contributed by atoms with Crippen molar-refractivity contribution in [3.63, 3.8) is 0 Å². The minimum absolute atomic E-state index is 0.121. The predicted molar refractivity (Wildman–Crippen MR) is 68.1 cm³/mol. The van der Waals surface area contributed by atoms with Crippen molar-refractivity contribution in [3.8, 4) is 0 Å². The van der Waals surface area contributed by atoms with Gasteiger partial charge in [-0.25, -0.2) is 0 Å². The molecule has 1 atom stereocenters. The molecule has 0 fully saturated rings. The van der Waals surface area contributed by atoms with Gasteiger partial charge in [-0.15, -0.1) is 0 Å². The molecule has 1 unspecified atom stereocenters. The molecule has 1 aromatic carbocycles. The van der Waals surface area contributed by atoms with Gasteiger partial charge in [0.05, 0.1) is 17.9 Å². The minimum atomic E-state index is -4.37. The van der Waals surface area contributed by atoms with Crippen molar-refractivity contribution in [1.82, 2.24) is 9.78 Å². The van der Waals surface area contributed by atoms with Crippen molar-refractivity contribution in [1.29, 1.82) is 0 Å². The van der Waals surface area contributed by atoms with Gasteiger partial charge >= 0.3 is 6.18 Å². The number of aromatic nitrogens is 2. The molecule has 0 radical (unpaired) electrons. The van der Waals surface area contributed by atoms with Gasteiger partial charge in [-0.05, 0) is 18.6 Å². The van der Waals surface area contributed by atoms with E-state index >= 15 is 0 Å². The van der Waals surface area contributed by atoms with Crippen LogP contribution in [0.25, 0.3) is 0 Å². The number of aliphatic hydroxyl groups is 1. The number of halogens is 3. The van der Waals surface area contributed by atoms with Crippen molar-refractivity contribution < 1.29 is 18.3 Å². The van der Waals surface area contributed by atoms with Gasteiger partial charge in [0.2, 0.25) is 0 Å². The molecule has 2 rings (SSSR count). The molecule has 0 amide bonds. The Labute approximate surface area is 114 Å². The molecule has 108 valence electrons. The van der Waals surface area contributed by atoms with Gasteiger partial charge in [-0.1, -0.05) is 18.2 Å². The molecule has 0 aliphatic carbocycles. The fraction of sp³-hybridized carbons (Fsp3) is 0.357. The number of benzene rings is 1. The Kier molecular flexibility index (Phi) is 3.85. The van der Waals surface area contributed by atoms with Gasteiger partial charge in [0, 0.05) is 24.7 Å². The summed E-state index contributed by atoms with van der Waals surface area (Å²) >= 11 is 0. The second kappa shape index (κ2) is 5.28. The summed E-state index contributed by atoms with van der Waals surface area (Å²) < 4.78 is 39.5. The lowest BCUT2D eigenvalue weighted by Gasteiger charge is -2.12. The smallest absolute Gasteiger partial charge is 0.388 e. The van der Waals surface area contributed by atoms with Gasteiger partial charge in [0.1, 0.15) is 0 Å². The second-order valence-electron chi connectivity index (χ2n) is 4.73. The first-order valence-electron chi connectivity index (χ1n) is 6.11. The van der Waals surface area contributed by atoms with E-state index in [1.54, 1.807) is 24.7 Å². The molecular weight excluding hydrogens is 269 g/mol. The minimum Gasteiger partial charge on any atom is -0.388 e. The van der Waals surface area contributed by atoms with Crippen molar-refractivity contribution >= 4 is 0 Å². The maximum Gasteiger partial charge on any atom is 0.416 e. The highest BCUT2D eigenvalue weighted by Gasteiger charge is 2.30. The van der Waals surface area contributed by atoms with E-state index in [0.29, 0.717) is 11.1 Å². The molecule has 0 bridgehead atoms. The quantitative estimate of drug-likeness (QED) is 0.940. The SMILES string of the molecule is Cc1c(C(O)Cc2cccc(C(F)(F)F)c2)cnn1C. The normalized spacial score (nSPS) is 13.5. The van der Waals surface area contributed by atoms with Crippen LogP contribution in [0.1, 0.15) is 28.5 Å². The predicted octanol–water partition coefficient (Wildman–Crippen LogP) is 3.02. The van der Waals surface area contributed by atoms with Crippen LogP contribution < -0.4 is 0 Å². The Morgan fingerprint density at radius 1 is 1.35 bits per heavy atom. The Morgan fingerprint density at radius 3 is 2.60 bits per heavy atom. The van der Waals surface area contributed by atoms with Crippen LogP contribution in [-0.4, -0.2) is 14.9 Å². The van der Waals surface area contributed by atoms with E-state index < -0.39 is 17.8 Å². The molecular formula is C14H15F3N2O. The zero-order chi connectivity index (χ0) is 14.9. The number of alkyl halides is 3. The van der Waals surface area contributed by atoms with Gasteiger partial charge in [-0.2, -0.15) is 18.3 Å². The van der Waals surface area contributed by atoms with Gasteiger partial charge < -0.3 is 5.11 Å². The fourth-order valence-electron chi connectivity index (χ4n) is 2.05. The number of nitrogens with zero attached hydrogens (tertiary/aromatic N) is 2. The molecule has 20 heavy (non-hydrogen) atoms. The third kappa shape index (κ3) is 3.01. The first-order valence-corrected chi connectivity index (χ1v) is 6.11. The van der Waals surface area contributed by atoms with Crippen molar-refractivity contribution in [2.24, 2.45) is 7.05 Å². The summed E-state index contributed by atoms with van der Waals surface area (Å²) in [6, 6.07) is 5.01. The summed E-state index contributed by atoms with van der Waals surface area (Å²) in [4.78, 5) is 0. The number of hydrogen-bond acceptors (Lipinski definition) is 2. The van der Waals surface area contributed by atoms with Crippen LogP contribution in [0.5, 0.6) is 0 Å². The van der Waals surface area contributed by atoms with Crippen LogP contribution >= 0.6 is 0 Å². The maximum atomic E-state index is 12.6. The second-order valence-corrected chi connectivity index (χ2v) is 4.73. The summed E-state index contributed by atoms with van der Waals surface area (Å²) in [5.41, 5.74) is 1.16. The maximum absolute atomic E-state index is 12.6. The van der Waals surface area contributed by atoms with Crippen LogP contribution in [0.4, 0.5) is 13.2 Å². The van der Waals surface area contributed by atoms with Crippen LogP contribution in [0, 0.1) is 6.92 Å². The molecule has 1 aromatic heterocycles.